The fourth-order valence-electron chi connectivity index (χ4n) is 1.79. The summed E-state index contributed by atoms with van der Waals surface area (Å²) in [5.74, 6) is 0. The van der Waals surface area contributed by atoms with Gasteiger partial charge in [0.1, 0.15) is 0 Å². The maximum atomic E-state index is 12.4. The molecule has 0 heterocycles. The lowest BCUT2D eigenvalue weighted by Crippen LogP contribution is -2.38. The molecule has 0 aromatic heterocycles. The van der Waals surface area contributed by atoms with E-state index in [0.29, 0.717) is 18.0 Å². The SMILES string of the molecule is Cc1cc(CN)cc(S(=O)(=O)NCC(C)N(C)C)c1C. The van der Waals surface area contributed by atoms with Crippen LogP contribution in [0.25, 0.3) is 0 Å². The van der Waals surface area contributed by atoms with E-state index in [1.165, 1.54) is 0 Å². The minimum atomic E-state index is -3.51. The Balaban J connectivity index is 3.06. The van der Waals surface area contributed by atoms with Crippen molar-refractivity contribution in [1.82, 2.24) is 9.62 Å². The van der Waals surface area contributed by atoms with Crippen LogP contribution in [0, 0.1) is 13.8 Å². The Hall–Kier alpha value is -0.950. The van der Waals surface area contributed by atoms with Crippen LogP contribution in [-0.2, 0) is 16.6 Å². The number of hydrogen-bond donors (Lipinski definition) is 2. The number of rotatable bonds is 6. The summed E-state index contributed by atoms with van der Waals surface area (Å²) in [5.41, 5.74) is 8.16. The zero-order valence-electron chi connectivity index (χ0n) is 12.9. The normalized spacial score (nSPS) is 13.8. The molecular weight excluding hydrogens is 274 g/mol. The van der Waals surface area contributed by atoms with Crippen LogP contribution in [0.4, 0.5) is 0 Å². The second kappa shape index (κ2) is 6.67. The fourth-order valence-corrected chi connectivity index (χ4v) is 3.27. The van der Waals surface area contributed by atoms with Crippen LogP contribution in [0.2, 0.25) is 0 Å². The molecule has 0 amide bonds. The smallest absolute Gasteiger partial charge is 0.240 e. The van der Waals surface area contributed by atoms with Gasteiger partial charge in [-0.05, 0) is 57.6 Å². The standard InChI is InChI=1S/C14H25N3O2S/c1-10-6-13(8-15)7-14(12(10)3)20(18,19)16-9-11(2)17(4)5/h6-7,11,16H,8-9,15H2,1-5H3. The fraction of sp³-hybridized carbons (Fsp3) is 0.571. The van der Waals surface area contributed by atoms with Crippen LogP contribution >= 0.6 is 0 Å². The Morgan fingerprint density at radius 2 is 1.90 bits per heavy atom. The summed E-state index contributed by atoms with van der Waals surface area (Å²) in [6, 6.07) is 3.71. The average molecular weight is 299 g/mol. The number of aryl methyl sites for hydroxylation is 1. The summed E-state index contributed by atoms with van der Waals surface area (Å²) < 4.78 is 27.5. The summed E-state index contributed by atoms with van der Waals surface area (Å²) in [7, 11) is 0.333. The van der Waals surface area contributed by atoms with Crippen LogP contribution in [-0.4, -0.2) is 40.0 Å². The van der Waals surface area contributed by atoms with E-state index in [4.69, 9.17) is 5.73 Å². The van der Waals surface area contributed by atoms with E-state index in [1.807, 2.05) is 45.8 Å². The molecule has 0 fully saturated rings. The van der Waals surface area contributed by atoms with Crippen molar-refractivity contribution in [3.05, 3.63) is 28.8 Å². The predicted octanol–water partition coefficient (Wildman–Crippen LogP) is 0.991. The van der Waals surface area contributed by atoms with Crippen molar-refractivity contribution in [2.45, 2.75) is 38.3 Å². The van der Waals surface area contributed by atoms with Gasteiger partial charge in [0.25, 0.3) is 0 Å². The lowest BCUT2D eigenvalue weighted by atomic mass is 10.1. The third-order valence-electron chi connectivity index (χ3n) is 3.66. The molecule has 0 radical (unpaired) electrons. The zero-order chi connectivity index (χ0) is 15.5. The summed E-state index contributed by atoms with van der Waals surface area (Å²) >= 11 is 0. The van der Waals surface area contributed by atoms with Gasteiger partial charge in [0.2, 0.25) is 10.0 Å². The summed E-state index contributed by atoms with van der Waals surface area (Å²) in [5, 5.41) is 0. The van der Waals surface area contributed by atoms with Gasteiger partial charge in [-0.1, -0.05) is 6.07 Å². The molecule has 6 heteroatoms. The highest BCUT2D eigenvalue weighted by molar-refractivity contribution is 7.89. The van der Waals surface area contributed by atoms with Crippen molar-refractivity contribution < 1.29 is 8.42 Å². The highest BCUT2D eigenvalue weighted by Gasteiger charge is 2.19. The van der Waals surface area contributed by atoms with Crippen LogP contribution in [0.15, 0.2) is 17.0 Å². The van der Waals surface area contributed by atoms with E-state index in [2.05, 4.69) is 4.72 Å². The number of likely N-dealkylation sites (N-methyl/N-ethyl adjacent to an activating group) is 1. The van der Waals surface area contributed by atoms with Crippen LogP contribution in [0.5, 0.6) is 0 Å². The molecule has 114 valence electrons. The molecule has 0 bridgehead atoms. The minimum Gasteiger partial charge on any atom is -0.326 e. The quantitative estimate of drug-likeness (QED) is 0.821. The van der Waals surface area contributed by atoms with E-state index in [9.17, 15) is 8.42 Å². The van der Waals surface area contributed by atoms with Crippen LogP contribution in [0.3, 0.4) is 0 Å². The van der Waals surface area contributed by atoms with Gasteiger partial charge in [-0.3, -0.25) is 0 Å². The maximum Gasteiger partial charge on any atom is 0.240 e. The highest BCUT2D eigenvalue weighted by Crippen LogP contribution is 2.21. The van der Waals surface area contributed by atoms with Crippen molar-refractivity contribution in [3.63, 3.8) is 0 Å². The molecule has 0 spiro atoms. The first-order valence-corrected chi connectivity index (χ1v) is 8.13. The third kappa shape index (κ3) is 4.02. The van der Waals surface area contributed by atoms with Gasteiger partial charge in [-0.25, -0.2) is 13.1 Å². The van der Waals surface area contributed by atoms with E-state index >= 15 is 0 Å². The minimum absolute atomic E-state index is 0.129. The van der Waals surface area contributed by atoms with Crippen LogP contribution in [0.1, 0.15) is 23.6 Å². The first-order valence-electron chi connectivity index (χ1n) is 6.65. The van der Waals surface area contributed by atoms with Crippen molar-refractivity contribution in [3.8, 4) is 0 Å². The Kier molecular flexibility index (Phi) is 5.70. The first-order chi connectivity index (χ1) is 9.19. The van der Waals surface area contributed by atoms with E-state index in [-0.39, 0.29) is 6.04 Å². The van der Waals surface area contributed by atoms with Crippen LogP contribution < -0.4 is 10.5 Å². The van der Waals surface area contributed by atoms with Gasteiger partial charge in [-0.2, -0.15) is 0 Å². The average Bonchev–Trinajstić information content (AvgIpc) is 2.38. The topological polar surface area (TPSA) is 75.4 Å². The Morgan fingerprint density at radius 3 is 2.40 bits per heavy atom. The monoisotopic (exact) mass is 299 g/mol. The number of nitrogens with one attached hydrogen (secondary N) is 1. The third-order valence-corrected chi connectivity index (χ3v) is 5.20. The van der Waals surface area contributed by atoms with Gasteiger partial charge in [0.15, 0.2) is 0 Å². The largest absolute Gasteiger partial charge is 0.326 e. The molecule has 0 aliphatic carbocycles. The van der Waals surface area contributed by atoms with E-state index < -0.39 is 10.0 Å². The molecule has 1 rings (SSSR count). The van der Waals surface area contributed by atoms with E-state index in [0.717, 1.165) is 16.7 Å². The molecule has 1 unspecified atom stereocenters. The number of nitrogens with two attached hydrogens (primary N) is 1. The van der Waals surface area contributed by atoms with Crippen molar-refractivity contribution in [2.24, 2.45) is 5.73 Å². The van der Waals surface area contributed by atoms with Gasteiger partial charge in [0.05, 0.1) is 4.90 Å². The number of sulfonamides is 1. The molecule has 1 aromatic rings. The van der Waals surface area contributed by atoms with Crippen molar-refractivity contribution >= 4 is 10.0 Å². The van der Waals surface area contributed by atoms with Gasteiger partial charge in [-0.15, -0.1) is 0 Å². The molecule has 0 saturated heterocycles. The number of nitrogens with zero attached hydrogens (tertiary/aromatic N) is 1. The predicted molar refractivity (Wildman–Crippen MR) is 82.1 cm³/mol. The summed E-state index contributed by atoms with van der Waals surface area (Å²) in [6.45, 7) is 6.39. The van der Waals surface area contributed by atoms with E-state index in [1.54, 1.807) is 6.07 Å². The molecule has 3 N–H and O–H groups in total. The molecular formula is C14H25N3O2S. The summed E-state index contributed by atoms with van der Waals surface area (Å²) in [6.07, 6.45) is 0. The summed E-state index contributed by atoms with van der Waals surface area (Å²) in [4.78, 5) is 2.29. The lowest BCUT2D eigenvalue weighted by Gasteiger charge is -2.20. The lowest BCUT2D eigenvalue weighted by molar-refractivity contribution is 0.314. The molecule has 1 atom stereocenters. The van der Waals surface area contributed by atoms with Gasteiger partial charge in [0, 0.05) is 19.1 Å². The molecule has 0 aliphatic rings. The second-order valence-corrected chi connectivity index (χ2v) is 7.14. The molecule has 0 saturated carbocycles. The van der Waals surface area contributed by atoms with Crippen molar-refractivity contribution in [2.75, 3.05) is 20.6 Å². The second-order valence-electron chi connectivity index (χ2n) is 5.40. The number of hydrogen-bond acceptors (Lipinski definition) is 4. The maximum absolute atomic E-state index is 12.4. The Bertz CT molecular complexity index is 568. The highest BCUT2D eigenvalue weighted by atomic mass is 32.2. The molecule has 5 nitrogen and oxygen atoms in total. The number of benzene rings is 1. The molecule has 1 aromatic carbocycles. The Labute approximate surface area is 122 Å². The zero-order valence-corrected chi connectivity index (χ0v) is 13.7. The van der Waals surface area contributed by atoms with Gasteiger partial charge < -0.3 is 10.6 Å². The van der Waals surface area contributed by atoms with Gasteiger partial charge >= 0.3 is 0 Å². The first kappa shape index (κ1) is 17.1. The molecule has 20 heavy (non-hydrogen) atoms. The molecule has 0 aliphatic heterocycles. The van der Waals surface area contributed by atoms with Crippen molar-refractivity contribution in [1.29, 1.82) is 0 Å². The Morgan fingerprint density at radius 1 is 1.30 bits per heavy atom.